The van der Waals surface area contributed by atoms with Gasteiger partial charge in [-0.25, -0.2) is 0 Å². The molecule has 3 heteroatoms. The van der Waals surface area contributed by atoms with Crippen LogP contribution in [0.3, 0.4) is 0 Å². The molecule has 136 valence electrons. The van der Waals surface area contributed by atoms with Crippen LogP contribution < -0.4 is 4.74 Å². The minimum Gasteiger partial charge on any atom is -0.497 e. The molecular formula is C24H22O3. The van der Waals surface area contributed by atoms with Gasteiger partial charge in [-0.05, 0) is 30.2 Å². The summed E-state index contributed by atoms with van der Waals surface area (Å²) in [7, 11) is 1.60. The maximum atomic E-state index is 13.4. The molecule has 27 heavy (non-hydrogen) atoms. The summed E-state index contributed by atoms with van der Waals surface area (Å²) in [6.07, 6.45) is 0. The topological polar surface area (TPSA) is 43.4 Å². The third-order valence-corrected chi connectivity index (χ3v) is 4.75. The SMILES string of the molecule is COc1ccc([C@@H](C(C)=O)[C@@H](C(=O)c2ccccc2)c2ccccc2)cc1. The van der Waals surface area contributed by atoms with E-state index in [-0.39, 0.29) is 11.6 Å². The Morgan fingerprint density at radius 3 is 1.74 bits per heavy atom. The number of hydrogen-bond acceptors (Lipinski definition) is 3. The van der Waals surface area contributed by atoms with Crippen molar-refractivity contribution in [3.63, 3.8) is 0 Å². The molecule has 0 aliphatic rings. The number of carbonyl (C=O) groups excluding carboxylic acids is 2. The largest absolute Gasteiger partial charge is 0.497 e. The van der Waals surface area contributed by atoms with Gasteiger partial charge in [0, 0.05) is 5.56 Å². The van der Waals surface area contributed by atoms with Crippen molar-refractivity contribution < 1.29 is 14.3 Å². The van der Waals surface area contributed by atoms with E-state index in [1.807, 2.05) is 72.8 Å². The van der Waals surface area contributed by atoms with Crippen molar-refractivity contribution in [3.8, 4) is 5.75 Å². The maximum absolute atomic E-state index is 13.4. The lowest BCUT2D eigenvalue weighted by Crippen LogP contribution is -2.25. The first-order valence-corrected chi connectivity index (χ1v) is 8.90. The summed E-state index contributed by atoms with van der Waals surface area (Å²) in [5.41, 5.74) is 2.25. The molecular weight excluding hydrogens is 336 g/mol. The molecule has 0 saturated carbocycles. The highest BCUT2D eigenvalue weighted by Crippen LogP contribution is 2.37. The second kappa shape index (κ2) is 8.45. The fraction of sp³-hybridized carbons (Fsp3) is 0.167. The van der Waals surface area contributed by atoms with E-state index in [1.54, 1.807) is 26.2 Å². The van der Waals surface area contributed by atoms with Gasteiger partial charge in [-0.1, -0.05) is 72.8 Å². The van der Waals surface area contributed by atoms with Gasteiger partial charge < -0.3 is 4.74 Å². The minimum absolute atomic E-state index is 0.0432. The lowest BCUT2D eigenvalue weighted by Gasteiger charge is -2.25. The van der Waals surface area contributed by atoms with Crippen LogP contribution in [0.25, 0.3) is 0 Å². The molecule has 2 atom stereocenters. The highest BCUT2D eigenvalue weighted by molar-refractivity contribution is 6.05. The van der Waals surface area contributed by atoms with E-state index >= 15 is 0 Å². The van der Waals surface area contributed by atoms with Crippen LogP contribution in [0.5, 0.6) is 5.75 Å². The Balaban J connectivity index is 2.11. The zero-order valence-corrected chi connectivity index (χ0v) is 15.5. The highest BCUT2D eigenvalue weighted by Gasteiger charge is 2.34. The normalized spacial score (nSPS) is 12.8. The Labute approximate surface area is 159 Å². The van der Waals surface area contributed by atoms with Gasteiger partial charge >= 0.3 is 0 Å². The fourth-order valence-corrected chi connectivity index (χ4v) is 3.41. The van der Waals surface area contributed by atoms with Gasteiger partial charge in [0.2, 0.25) is 0 Å². The lowest BCUT2D eigenvalue weighted by molar-refractivity contribution is -0.118. The van der Waals surface area contributed by atoms with Crippen molar-refractivity contribution in [1.29, 1.82) is 0 Å². The maximum Gasteiger partial charge on any atom is 0.171 e. The van der Waals surface area contributed by atoms with E-state index in [0.29, 0.717) is 11.3 Å². The first-order chi connectivity index (χ1) is 13.1. The summed E-state index contributed by atoms with van der Waals surface area (Å²) < 4.78 is 5.22. The van der Waals surface area contributed by atoms with Crippen LogP contribution >= 0.6 is 0 Å². The molecule has 0 bridgehead atoms. The Morgan fingerprint density at radius 1 is 0.704 bits per heavy atom. The quantitative estimate of drug-likeness (QED) is 0.556. The van der Waals surface area contributed by atoms with E-state index in [1.165, 1.54) is 0 Å². The Morgan fingerprint density at radius 2 is 1.22 bits per heavy atom. The van der Waals surface area contributed by atoms with E-state index in [0.717, 1.165) is 11.1 Å². The summed E-state index contributed by atoms with van der Waals surface area (Å²) in [4.78, 5) is 26.1. The number of ketones is 2. The first-order valence-electron chi connectivity index (χ1n) is 8.90. The van der Waals surface area contributed by atoms with Crippen molar-refractivity contribution in [2.24, 2.45) is 0 Å². The molecule has 3 aromatic rings. The van der Waals surface area contributed by atoms with Gasteiger partial charge in [0.1, 0.15) is 11.5 Å². The number of benzene rings is 3. The predicted octanol–water partition coefficient (Wildman–Crippen LogP) is 5.03. The van der Waals surface area contributed by atoms with E-state index < -0.39 is 11.8 Å². The van der Waals surface area contributed by atoms with Crippen molar-refractivity contribution >= 4 is 11.6 Å². The van der Waals surface area contributed by atoms with Crippen LogP contribution in [0, 0.1) is 0 Å². The molecule has 0 fully saturated rings. The van der Waals surface area contributed by atoms with E-state index in [4.69, 9.17) is 4.74 Å². The second-order valence-electron chi connectivity index (χ2n) is 6.48. The predicted molar refractivity (Wildman–Crippen MR) is 106 cm³/mol. The zero-order chi connectivity index (χ0) is 19.2. The molecule has 0 N–H and O–H groups in total. The summed E-state index contributed by atoms with van der Waals surface area (Å²) in [5, 5.41) is 0. The fourth-order valence-electron chi connectivity index (χ4n) is 3.41. The Hall–Kier alpha value is -3.20. The third-order valence-electron chi connectivity index (χ3n) is 4.75. The summed E-state index contributed by atoms with van der Waals surface area (Å²) in [6, 6.07) is 26.0. The molecule has 3 nitrogen and oxygen atoms in total. The number of hydrogen-bond donors (Lipinski definition) is 0. The van der Waals surface area contributed by atoms with Crippen molar-refractivity contribution in [1.82, 2.24) is 0 Å². The molecule has 0 aliphatic carbocycles. The van der Waals surface area contributed by atoms with Crippen LogP contribution in [-0.4, -0.2) is 18.7 Å². The Kier molecular flexibility index (Phi) is 5.82. The summed E-state index contributed by atoms with van der Waals surface area (Å²) in [6.45, 7) is 1.54. The smallest absolute Gasteiger partial charge is 0.171 e. The van der Waals surface area contributed by atoms with Gasteiger partial charge in [-0.2, -0.15) is 0 Å². The monoisotopic (exact) mass is 358 g/mol. The highest BCUT2D eigenvalue weighted by atomic mass is 16.5. The molecule has 0 unspecified atom stereocenters. The number of ether oxygens (including phenoxy) is 1. The number of rotatable bonds is 7. The third kappa shape index (κ3) is 4.14. The van der Waals surface area contributed by atoms with Gasteiger partial charge in [-0.15, -0.1) is 0 Å². The van der Waals surface area contributed by atoms with Crippen molar-refractivity contribution in [2.45, 2.75) is 18.8 Å². The summed E-state index contributed by atoms with van der Waals surface area (Å²) in [5.74, 6) is -0.534. The number of Topliss-reactive ketones (excluding diaryl/α,β-unsaturated/α-hetero) is 2. The molecule has 0 aliphatic heterocycles. The average Bonchev–Trinajstić information content (AvgIpc) is 2.72. The van der Waals surface area contributed by atoms with E-state index in [2.05, 4.69) is 0 Å². The van der Waals surface area contributed by atoms with Crippen LogP contribution in [0.1, 0.15) is 40.2 Å². The second-order valence-corrected chi connectivity index (χ2v) is 6.48. The molecule has 0 radical (unpaired) electrons. The molecule has 3 rings (SSSR count). The molecule has 0 amide bonds. The standard InChI is InChI=1S/C24H22O3/c1-17(25)22(19-13-15-21(27-2)16-14-19)23(18-9-5-3-6-10-18)24(26)20-11-7-4-8-12-20/h3-16,22-23H,1-2H3/t22-,23+/m1/s1. The van der Waals surface area contributed by atoms with Crippen molar-refractivity contribution in [3.05, 3.63) is 102 Å². The van der Waals surface area contributed by atoms with Crippen LogP contribution in [0.2, 0.25) is 0 Å². The lowest BCUT2D eigenvalue weighted by atomic mass is 9.75. The van der Waals surface area contributed by atoms with Gasteiger partial charge in [0.25, 0.3) is 0 Å². The number of methoxy groups -OCH3 is 1. The molecule has 3 aromatic carbocycles. The molecule has 0 heterocycles. The van der Waals surface area contributed by atoms with Crippen LogP contribution in [-0.2, 0) is 4.79 Å². The van der Waals surface area contributed by atoms with Crippen molar-refractivity contribution in [2.75, 3.05) is 7.11 Å². The molecule has 0 saturated heterocycles. The van der Waals surface area contributed by atoms with Gasteiger partial charge in [0.05, 0.1) is 18.9 Å². The van der Waals surface area contributed by atoms with E-state index in [9.17, 15) is 9.59 Å². The molecule has 0 spiro atoms. The van der Waals surface area contributed by atoms with Crippen LogP contribution in [0.15, 0.2) is 84.9 Å². The average molecular weight is 358 g/mol. The molecule has 0 aromatic heterocycles. The van der Waals surface area contributed by atoms with Crippen LogP contribution in [0.4, 0.5) is 0 Å². The summed E-state index contributed by atoms with van der Waals surface area (Å²) >= 11 is 0. The first kappa shape index (κ1) is 18.6. The zero-order valence-electron chi connectivity index (χ0n) is 15.5. The Bertz CT molecular complexity index is 899. The number of carbonyl (C=O) groups is 2. The van der Waals surface area contributed by atoms with Gasteiger partial charge in [0.15, 0.2) is 5.78 Å². The minimum atomic E-state index is -0.584. The van der Waals surface area contributed by atoms with Gasteiger partial charge in [-0.3, -0.25) is 9.59 Å².